The third-order valence-corrected chi connectivity index (χ3v) is 7.60. The van der Waals surface area contributed by atoms with E-state index in [-0.39, 0.29) is 0 Å². The van der Waals surface area contributed by atoms with Crippen LogP contribution in [0, 0.1) is 0 Å². The van der Waals surface area contributed by atoms with Gasteiger partial charge in [-0.05, 0) is 68.2 Å². The largest absolute Gasteiger partial charge is 0.495 e. The van der Waals surface area contributed by atoms with E-state index in [0.29, 0.717) is 17.3 Å². The summed E-state index contributed by atoms with van der Waals surface area (Å²) >= 11 is 8.19. The molecule has 0 radical (unpaired) electrons. The fraction of sp³-hybridized carbons (Fsp3) is 0.478. The average Bonchev–Trinajstić information content (AvgIpc) is 3.17. The van der Waals surface area contributed by atoms with Crippen LogP contribution in [0.5, 0.6) is 5.75 Å². The first kappa shape index (κ1) is 19.9. The maximum absolute atomic E-state index is 6.33. The average molecular weight is 443 g/mol. The predicted octanol–water partition coefficient (Wildman–Crippen LogP) is 5.83. The van der Waals surface area contributed by atoms with Gasteiger partial charge in [0.25, 0.3) is 0 Å². The quantitative estimate of drug-likeness (QED) is 0.538. The number of hydrogen-bond donors (Lipinski definition) is 1. The Kier molecular flexibility index (Phi) is 5.70. The molecule has 0 saturated carbocycles. The number of methoxy groups -OCH3 is 1. The van der Waals surface area contributed by atoms with Gasteiger partial charge in [-0.1, -0.05) is 17.7 Å². The summed E-state index contributed by atoms with van der Waals surface area (Å²) < 4.78 is 5.28. The first-order valence-electron chi connectivity index (χ1n) is 10.9. The molecule has 158 valence electrons. The van der Waals surface area contributed by atoms with Gasteiger partial charge in [0, 0.05) is 24.5 Å². The van der Waals surface area contributed by atoms with Gasteiger partial charge >= 0.3 is 0 Å². The normalized spacial score (nSPS) is 16.5. The fourth-order valence-electron chi connectivity index (χ4n) is 4.52. The summed E-state index contributed by atoms with van der Waals surface area (Å²) in [6.45, 7) is 2.76. The van der Waals surface area contributed by atoms with Crippen molar-refractivity contribution in [2.45, 2.75) is 51.5 Å². The summed E-state index contributed by atoms with van der Waals surface area (Å²) in [6.07, 6.45) is 8.56. The lowest BCUT2D eigenvalue weighted by Crippen LogP contribution is -2.31. The number of nitrogens with zero attached hydrogens (tertiary/aromatic N) is 3. The van der Waals surface area contributed by atoms with E-state index >= 15 is 0 Å². The number of halogens is 1. The molecule has 0 bridgehead atoms. The number of aryl methyl sites for hydroxylation is 2. The molecule has 2 aliphatic rings. The van der Waals surface area contributed by atoms with E-state index < -0.39 is 0 Å². The summed E-state index contributed by atoms with van der Waals surface area (Å²) in [7, 11) is 1.64. The van der Waals surface area contributed by atoms with Crippen molar-refractivity contribution in [3.8, 4) is 5.75 Å². The number of rotatable bonds is 5. The number of thiophene rings is 1. The van der Waals surface area contributed by atoms with E-state index in [1.165, 1.54) is 54.4 Å². The lowest BCUT2D eigenvalue weighted by atomic mass is 9.97. The van der Waals surface area contributed by atoms with Crippen LogP contribution in [-0.4, -0.2) is 30.2 Å². The molecule has 1 aromatic carbocycles. The molecule has 0 atom stereocenters. The Morgan fingerprint density at radius 1 is 1.10 bits per heavy atom. The number of hydrogen-bond acceptors (Lipinski definition) is 6. The number of nitrogens with one attached hydrogen (secondary N) is 1. The van der Waals surface area contributed by atoms with E-state index in [0.717, 1.165) is 41.7 Å². The van der Waals surface area contributed by atoms with Gasteiger partial charge in [-0.25, -0.2) is 4.98 Å². The van der Waals surface area contributed by atoms with Crippen molar-refractivity contribution in [2.24, 2.45) is 0 Å². The second-order valence-electron chi connectivity index (χ2n) is 8.13. The van der Waals surface area contributed by atoms with E-state index in [1.54, 1.807) is 7.11 Å². The molecule has 30 heavy (non-hydrogen) atoms. The highest BCUT2D eigenvalue weighted by Gasteiger charge is 2.23. The second-order valence-corrected chi connectivity index (χ2v) is 9.62. The molecule has 1 aliphatic carbocycles. The van der Waals surface area contributed by atoms with Gasteiger partial charge in [0.15, 0.2) is 0 Å². The molecule has 3 aromatic rings. The molecule has 0 spiro atoms. The van der Waals surface area contributed by atoms with Crippen molar-refractivity contribution in [1.29, 1.82) is 0 Å². The molecular formula is C23H27ClN4OS. The first-order chi connectivity index (χ1) is 14.7. The van der Waals surface area contributed by atoms with Gasteiger partial charge in [0.05, 0.1) is 17.5 Å². The van der Waals surface area contributed by atoms with Gasteiger partial charge in [0.1, 0.15) is 16.4 Å². The Morgan fingerprint density at radius 2 is 1.93 bits per heavy atom. The highest BCUT2D eigenvalue weighted by molar-refractivity contribution is 7.19. The van der Waals surface area contributed by atoms with E-state index in [9.17, 15) is 0 Å². The van der Waals surface area contributed by atoms with E-state index in [2.05, 4.69) is 10.2 Å². The molecule has 5 rings (SSSR count). The molecule has 7 heteroatoms. The van der Waals surface area contributed by atoms with Crippen LogP contribution in [0.3, 0.4) is 0 Å². The van der Waals surface area contributed by atoms with Crippen LogP contribution < -0.4 is 15.0 Å². The molecule has 0 amide bonds. The Hall–Kier alpha value is -2.05. The summed E-state index contributed by atoms with van der Waals surface area (Å²) in [5.74, 6) is 2.53. The van der Waals surface area contributed by atoms with Gasteiger partial charge in [0.2, 0.25) is 5.95 Å². The zero-order valence-corrected chi connectivity index (χ0v) is 18.9. The Bertz CT molecular complexity index is 1060. The van der Waals surface area contributed by atoms with Gasteiger partial charge in [-0.15, -0.1) is 11.3 Å². The molecule has 3 heterocycles. The molecule has 1 aliphatic heterocycles. The SMILES string of the molecule is COc1ccc(CNc2nc(N3CCCCC3)nc3sc4c(c23)CCCC4)cc1Cl. The van der Waals surface area contributed by atoms with Crippen LogP contribution in [0.15, 0.2) is 18.2 Å². The van der Waals surface area contributed by atoms with Gasteiger partial charge in [-0.3, -0.25) is 0 Å². The van der Waals surface area contributed by atoms with Crippen LogP contribution >= 0.6 is 22.9 Å². The number of aromatic nitrogens is 2. The number of ether oxygens (including phenoxy) is 1. The third kappa shape index (κ3) is 3.83. The summed E-state index contributed by atoms with van der Waals surface area (Å²) in [4.78, 5) is 15.0. The minimum absolute atomic E-state index is 0.631. The highest BCUT2D eigenvalue weighted by atomic mass is 35.5. The highest BCUT2D eigenvalue weighted by Crippen LogP contribution is 2.40. The van der Waals surface area contributed by atoms with Crippen molar-refractivity contribution >= 4 is 44.9 Å². The third-order valence-electron chi connectivity index (χ3n) is 6.12. The molecule has 1 N–H and O–H groups in total. The van der Waals surface area contributed by atoms with Crippen LogP contribution in [0.25, 0.3) is 10.2 Å². The van der Waals surface area contributed by atoms with Crippen LogP contribution in [0.1, 0.15) is 48.1 Å². The van der Waals surface area contributed by atoms with Crippen LogP contribution in [0.4, 0.5) is 11.8 Å². The lowest BCUT2D eigenvalue weighted by molar-refractivity contribution is 0.415. The Morgan fingerprint density at radius 3 is 2.73 bits per heavy atom. The molecular weight excluding hydrogens is 416 g/mol. The number of piperidine rings is 1. The van der Waals surface area contributed by atoms with E-state index in [4.69, 9.17) is 26.3 Å². The maximum Gasteiger partial charge on any atom is 0.228 e. The molecule has 1 saturated heterocycles. The molecule has 5 nitrogen and oxygen atoms in total. The van der Waals surface area contributed by atoms with Crippen molar-refractivity contribution < 1.29 is 4.74 Å². The standard InChI is InChI=1S/C23H27ClN4OS/c1-29-18-10-9-15(13-17(18)24)14-25-21-20-16-7-3-4-8-19(16)30-22(20)27-23(26-21)28-11-5-2-6-12-28/h9-10,13H,2-8,11-12,14H2,1H3,(H,25,26,27). The van der Waals surface area contributed by atoms with E-state index in [1.807, 2.05) is 29.5 Å². The molecule has 0 unspecified atom stereocenters. The van der Waals surface area contributed by atoms with Crippen molar-refractivity contribution in [1.82, 2.24) is 9.97 Å². The fourth-order valence-corrected chi connectivity index (χ4v) is 6.05. The van der Waals surface area contributed by atoms with Gasteiger partial charge < -0.3 is 15.0 Å². The zero-order chi connectivity index (χ0) is 20.5. The summed E-state index contributed by atoms with van der Waals surface area (Å²) in [5.41, 5.74) is 2.57. The second kappa shape index (κ2) is 8.60. The minimum Gasteiger partial charge on any atom is -0.495 e. The topological polar surface area (TPSA) is 50.3 Å². The van der Waals surface area contributed by atoms with Crippen molar-refractivity contribution in [3.63, 3.8) is 0 Å². The Balaban J connectivity index is 1.51. The van der Waals surface area contributed by atoms with Gasteiger partial charge in [-0.2, -0.15) is 4.98 Å². The summed E-state index contributed by atoms with van der Waals surface area (Å²) in [5, 5.41) is 5.48. The monoisotopic (exact) mass is 442 g/mol. The molecule has 1 fully saturated rings. The van der Waals surface area contributed by atoms with Crippen LogP contribution in [0.2, 0.25) is 5.02 Å². The zero-order valence-electron chi connectivity index (χ0n) is 17.3. The minimum atomic E-state index is 0.631. The molecule has 2 aromatic heterocycles. The van der Waals surface area contributed by atoms with Crippen molar-refractivity contribution in [2.75, 3.05) is 30.4 Å². The Labute approximate surface area is 186 Å². The maximum atomic E-state index is 6.33. The summed E-state index contributed by atoms with van der Waals surface area (Å²) in [6, 6.07) is 5.92. The first-order valence-corrected chi connectivity index (χ1v) is 12.1. The van der Waals surface area contributed by atoms with Crippen LogP contribution in [-0.2, 0) is 19.4 Å². The lowest BCUT2D eigenvalue weighted by Gasteiger charge is -2.27. The number of fused-ring (bicyclic) bond motifs is 3. The number of benzene rings is 1. The predicted molar refractivity (Wildman–Crippen MR) is 125 cm³/mol. The van der Waals surface area contributed by atoms with Crippen molar-refractivity contribution in [3.05, 3.63) is 39.2 Å². The number of anilines is 2. The smallest absolute Gasteiger partial charge is 0.228 e.